The third-order valence-electron chi connectivity index (χ3n) is 2.19. The van der Waals surface area contributed by atoms with Crippen molar-refractivity contribution in [1.29, 1.82) is 0 Å². The summed E-state index contributed by atoms with van der Waals surface area (Å²) in [5, 5.41) is 5.74. The average molecular weight is 304 g/mol. The fourth-order valence-electron chi connectivity index (χ4n) is 1.34. The van der Waals surface area contributed by atoms with E-state index in [0.29, 0.717) is 17.0 Å². The van der Waals surface area contributed by atoms with Crippen LogP contribution in [0.4, 0.5) is 28.5 Å². The van der Waals surface area contributed by atoms with Crippen molar-refractivity contribution in [2.45, 2.75) is 6.18 Å². The molecule has 106 valence electrons. The molecule has 0 saturated heterocycles. The van der Waals surface area contributed by atoms with Crippen LogP contribution in [0.25, 0.3) is 0 Å². The van der Waals surface area contributed by atoms with Crippen LogP contribution in [0.15, 0.2) is 28.7 Å². The van der Waals surface area contributed by atoms with Gasteiger partial charge in [-0.3, -0.25) is 5.43 Å². The third-order valence-corrected chi connectivity index (χ3v) is 2.96. The minimum atomic E-state index is -4.71. The first-order valence-electron chi connectivity index (χ1n) is 5.23. The first-order chi connectivity index (χ1) is 9.36. The van der Waals surface area contributed by atoms with Crippen molar-refractivity contribution >= 4 is 28.5 Å². The number of alkyl halides is 3. The van der Waals surface area contributed by atoms with E-state index in [-0.39, 0.29) is 5.56 Å². The lowest BCUT2D eigenvalue weighted by Gasteiger charge is -2.07. The van der Waals surface area contributed by atoms with Gasteiger partial charge >= 0.3 is 6.18 Å². The van der Waals surface area contributed by atoms with E-state index in [9.17, 15) is 17.6 Å². The van der Waals surface area contributed by atoms with Gasteiger partial charge < -0.3 is 5.73 Å². The van der Waals surface area contributed by atoms with E-state index in [2.05, 4.69) is 15.5 Å². The van der Waals surface area contributed by atoms with Gasteiger partial charge in [-0.05, 0) is 17.7 Å². The lowest BCUT2D eigenvalue weighted by atomic mass is 10.1. The number of hydrogen-bond acceptors (Lipinski definition) is 5. The number of anilines is 2. The molecule has 0 aliphatic heterocycles. The molecule has 0 aliphatic rings. The van der Waals surface area contributed by atoms with Gasteiger partial charge in [-0.25, -0.2) is 9.37 Å². The molecule has 0 saturated carbocycles. The fraction of sp³-hybridized carbons (Fsp3) is 0.0909. The summed E-state index contributed by atoms with van der Waals surface area (Å²) < 4.78 is 50.3. The normalized spacial score (nSPS) is 12.0. The number of nitrogens with zero attached hydrogens (tertiary/aromatic N) is 2. The second-order valence-electron chi connectivity index (χ2n) is 3.68. The molecular formula is C11H8F4N4S. The zero-order valence-electron chi connectivity index (χ0n) is 9.78. The monoisotopic (exact) mass is 304 g/mol. The number of aromatic nitrogens is 1. The maximum absolute atomic E-state index is 13.3. The maximum Gasteiger partial charge on any atom is 0.419 e. The molecule has 0 atom stereocenters. The number of nitrogens with one attached hydrogen (secondary N) is 1. The summed E-state index contributed by atoms with van der Waals surface area (Å²) in [6.07, 6.45) is -3.53. The van der Waals surface area contributed by atoms with E-state index in [4.69, 9.17) is 5.73 Å². The predicted octanol–water partition coefficient (Wildman–Crippen LogP) is 3.33. The second kappa shape index (κ2) is 5.45. The van der Waals surface area contributed by atoms with Crippen molar-refractivity contribution in [3.8, 4) is 0 Å². The summed E-state index contributed by atoms with van der Waals surface area (Å²) in [5.41, 5.74) is 6.80. The highest BCUT2D eigenvalue weighted by Gasteiger charge is 2.33. The Morgan fingerprint density at radius 1 is 1.35 bits per heavy atom. The van der Waals surface area contributed by atoms with Gasteiger partial charge in [0.25, 0.3) is 0 Å². The Labute approximate surface area is 114 Å². The quantitative estimate of drug-likeness (QED) is 0.519. The molecule has 0 radical (unpaired) electrons. The smallest absolute Gasteiger partial charge is 0.383 e. The number of rotatable bonds is 3. The lowest BCUT2D eigenvalue weighted by molar-refractivity contribution is -0.140. The van der Waals surface area contributed by atoms with Crippen LogP contribution in [0, 0.1) is 5.82 Å². The maximum atomic E-state index is 13.3. The topological polar surface area (TPSA) is 63.3 Å². The molecule has 0 fully saturated rings. The second-order valence-corrected chi connectivity index (χ2v) is 4.54. The Morgan fingerprint density at radius 2 is 2.10 bits per heavy atom. The summed E-state index contributed by atoms with van der Waals surface area (Å²) in [6.45, 7) is 0. The van der Waals surface area contributed by atoms with E-state index in [1.807, 2.05) is 0 Å². The van der Waals surface area contributed by atoms with Crippen LogP contribution in [0.2, 0.25) is 0 Å². The average Bonchev–Trinajstić information content (AvgIpc) is 2.73. The van der Waals surface area contributed by atoms with Crippen molar-refractivity contribution in [3.63, 3.8) is 0 Å². The minimum Gasteiger partial charge on any atom is -0.383 e. The molecule has 4 nitrogen and oxygen atoms in total. The first kappa shape index (κ1) is 14.3. The van der Waals surface area contributed by atoms with Crippen LogP contribution in [-0.2, 0) is 6.18 Å². The van der Waals surface area contributed by atoms with Gasteiger partial charge in [-0.2, -0.15) is 18.3 Å². The minimum absolute atomic E-state index is 0.188. The summed E-state index contributed by atoms with van der Waals surface area (Å²) in [6, 6.07) is 2.54. The summed E-state index contributed by atoms with van der Waals surface area (Å²) in [7, 11) is 0. The van der Waals surface area contributed by atoms with Gasteiger partial charge in [0.1, 0.15) is 11.6 Å². The predicted molar refractivity (Wildman–Crippen MR) is 69.1 cm³/mol. The molecule has 2 aromatic rings. The van der Waals surface area contributed by atoms with Crippen LogP contribution in [0.1, 0.15) is 11.1 Å². The molecule has 1 heterocycles. The Hall–Kier alpha value is -2.16. The third kappa shape index (κ3) is 3.44. The Balaban J connectivity index is 2.09. The zero-order valence-corrected chi connectivity index (χ0v) is 10.6. The summed E-state index contributed by atoms with van der Waals surface area (Å²) in [5.74, 6) is -1.02. The number of benzene rings is 1. The highest BCUT2D eigenvalue weighted by molar-refractivity contribution is 7.14. The zero-order chi connectivity index (χ0) is 14.8. The molecule has 1 aromatic heterocycles. The van der Waals surface area contributed by atoms with Crippen molar-refractivity contribution < 1.29 is 17.6 Å². The molecule has 3 N–H and O–H groups in total. The Bertz CT molecular complexity index is 636. The molecule has 0 bridgehead atoms. The molecular weight excluding hydrogens is 296 g/mol. The van der Waals surface area contributed by atoms with Crippen LogP contribution in [0.3, 0.4) is 0 Å². The van der Waals surface area contributed by atoms with Gasteiger partial charge in [-0.15, -0.1) is 11.3 Å². The highest BCUT2D eigenvalue weighted by atomic mass is 32.1. The van der Waals surface area contributed by atoms with Crippen LogP contribution >= 0.6 is 11.3 Å². The number of halogens is 4. The molecule has 9 heteroatoms. The van der Waals surface area contributed by atoms with Gasteiger partial charge in [0.15, 0.2) is 0 Å². The van der Waals surface area contributed by atoms with Crippen LogP contribution < -0.4 is 11.2 Å². The Morgan fingerprint density at radius 3 is 2.65 bits per heavy atom. The highest BCUT2D eigenvalue weighted by Crippen LogP contribution is 2.31. The molecule has 2 rings (SSSR count). The number of hydrogen-bond donors (Lipinski definition) is 2. The van der Waals surface area contributed by atoms with E-state index < -0.39 is 17.6 Å². The number of hydrazone groups is 1. The van der Waals surface area contributed by atoms with Gasteiger partial charge in [0, 0.05) is 5.38 Å². The number of nitrogen functional groups attached to an aromatic ring is 1. The summed E-state index contributed by atoms with van der Waals surface area (Å²) in [4.78, 5) is 3.85. The standard InChI is InChI=1S/C11H8F4N4S/c12-8-3-6(1-2-7(8)11(13,14)15)4-17-19-10-18-9(16)5-20-10/h1-5H,16H2,(H,18,19). The molecule has 0 spiro atoms. The van der Waals surface area contributed by atoms with E-state index in [1.165, 1.54) is 17.6 Å². The van der Waals surface area contributed by atoms with Gasteiger partial charge in [0.05, 0.1) is 11.8 Å². The van der Waals surface area contributed by atoms with Crippen molar-refractivity contribution in [1.82, 2.24) is 4.98 Å². The molecule has 0 aliphatic carbocycles. The van der Waals surface area contributed by atoms with Crippen molar-refractivity contribution in [3.05, 3.63) is 40.5 Å². The molecule has 0 amide bonds. The summed E-state index contributed by atoms with van der Waals surface area (Å²) >= 11 is 1.21. The Kier molecular flexibility index (Phi) is 3.89. The first-order valence-corrected chi connectivity index (χ1v) is 6.11. The number of nitrogens with two attached hydrogens (primary N) is 1. The van der Waals surface area contributed by atoms with Crippen molar-refractivity contribution in [2.75, 3.05) is 11.2 Å². The van der Waals surface area contributed by atoms with E-state index in [0.717, 1.165) is 12.1 Å². The van der Waals surface area contributed by atoms with Gasteiger partial charge in [0.2, 0.25) is 5.13 Å². The van der Waals surface area contributed by atoms with Crippen LogP contribution in [0.5, 0.6) is 0 Å². The van der Waals surface area contributed by atoms with Crippen molar-refractivity contribution in [2.24, 2.45) is 5.10 Å². The molecule has 1 aromatic carbocycles. The van der Waals surface area contributed by atoms with Crippen LogP contribution in [-0.4, -0.2) is 11.2 Å². The largest absolute Gasteiger partial charge is 0.419 e. The fourth-order valence-corrected chi connectivity index (χ4v) is 1.89. The SMILES string of the molecule is Nc1csc(NN=Cc2ccc(C(F)(F)F)c(F)c2)n1. The number of thiazole rings is 1. The van der Waals surface area contributed by atoms with E-state index >= 15 is 0 Å². The van der Waals surface area contributed by atoms with Gasteiger partial charge in [-0.1, -0.05) is 6.07 Å². The lowest BCUT2D eigenvalue weighted by Crippen LogP contribution is -2.08. The van der Waals surface area contributed by atoms with E-state index in [1.54, 1.807) is 5.38 Å². The molecule has 0 unspecified atom stereocenters. The molecule has 20 heavy (non-hydrogen) atoms.